The van der Waals surface area contributed by atoms with Crippen LogP contribution in [0.15, 0.2) is 0 Å². The van der Waals surface area contributed by atoms with E-state index in [9.17, 15) is 47.9 Å². The predicted molar refractivity (Wildman–Crippen MR) is 392 cm³/mol. The van der Waals surface area contributed by atoms with Crippen LogP contribution < -0.4 is 65.1 Å². The van der Waals surface area contributed by atoms with Crippen molar-refractivity contribution in [2.75, 3.05) is 185 Å². The van der Waals surface area contributed by atoms with Gasteiger partial charge < -0.3 is 118 Å². The summed E-state index contributed by atoms with van der Waals surface area (Å²) in [6.45, 7) is 7.85. The van der Waals surface area contributed by atoms with Crippen LogP contribution >= 0.6 is 0 Å². The summed E-state index contributed by atoms with van der Waals surface area (Å²) < 4.78 is 53.4. The Kier molecular flexibility index (Phi) is 71.2. The number of nitrogens with two attached hydrogens (primary N) is 3. The van der Waals surface area contributed by atoms with Crippen molar-refractivity contribution in [3.63, 3.8) is 0 Å². The van der Waals surface area contributed by atoms with Crippen LogP contribution in [0.2, 0.25) is 0 Å². The second kappa shape index (κ2) is 75.4. The largest absolute Gasteiger partial charge is 0.481 e. The lowest BCUT2D eigenvalue weighted by Gasteiger charge is -2.14. The number of carbonyl (C=O) groups is 10. The van der Waals surface area contributed by atoms with Crippen LogP contribution in [0.3, 0.4) is 0 Å². The normalized spacial score (nSPS) is 12.0. The van der Waals surface area contributed by atoms with Crippen molar-refractivity contribution in [2.45, 2.75) is 211 Å². The topological polar surface area (TPSA) is 470 Å². The number of rotatable bonds is 79. The number of aliphatic carboxylic acids is 1. The molecule has 9 amide bonds. The molecule has 3 atom stereocenters. The Morgan fingerprint density at radius 3 is 0.865 bits per heavy atom. The van der Waals surface area contributed by atoms with E-state index in [0.717, 1.165) is 70.6 Å². The molecule has 33 heteroatoms. The van der Waals surface area contributed by atoms with Crippen LogP contribution in [0.1, 0.15) is 193 Å². The van der Waals surface area contributed by atoms with Gasteiger partial charge in [-0.15, -0.1) is 0 Å². The summed E-state index contributed by atoms with van der Waals surface area (Å²) >= 11 is 0. The van der Waals surface area contributed by atoms with E-state index in [1.165, 1.54) is 51.4 Å². The van der Waals surface area contributed by atoms with E-state index < -0.39 is 24.1 Å². The number of unbranched alkanes of at least 4 members (excludes halogenated alkanes) is 18. The summed E-state index contributed by atoms with van der Waals surface area (Å²) in [7, 11) is 0. The quantitative estimate of drug-likeness (QED) is 0.0303. The molecule has 0 spiro atoms. The van der Waals surface area contributed by atoms with E-state index in [1.54, 1.807) is 0 Å². The van der Waals surface area contributed by atoms with Crippen molar-refractivity contribution in [1.29, 1.82) is 0 Å². The van der Waals surface area contributed by atoms with Crippen molar-refractivity contribution in [2.24, 2.45) is 17.2 Å². The molecule has 0 bridgehead atoms. The van der Waals surface area contributed by atoms with Crippen LogP contribution in [0.25, 0.3) is 0 Å². The monoisotopic (exact) mass is 1490 g/mol. The summed E-state index contributed by atoms with van der Waals surface area (Å²) in [5.74, 6) is -2.78. The second-order valence-corrected chi connectivity index (χ2v) is 25.2. The van der Waals surface area contributed by atoms with E-state index in [4.69, 9.17) is 69.7 Å². The average molecular weight is 1490 g/mol. The number of carboxylic acid groups (broad SMARTS) is 1. The first-order valence-electron chi connectivity index (χ1n) is 38.2. The first kappa shape index (κ1) is 98.2. The minimum absolute atomic E-state index is 0.0251. The number of nitrogens with one attached hydrogen (secondary N) is 9. The fourth-order valence-electron chi connectivity index (χ4n) is 9.75. The molecule has 0 radical (unpaired) electrons. The predicted octanol–water partition coefficient (Wildman–Crippen LogP) is 1.56. The highest BCUT2D eigenvalue weighted by molar-refractivity contribution is 5.83. The SMILES string of the molecule is CCCCCNC(=O)CCOCOCCNC(=O)COCCOCCNC(=O)COCCOCCNC(=O)COCCOCCNC(=O)COCCOCCNC(=O)[C@@H](N)CCCCNC(=O)[C@@H](N)CCCCNC(=O)[C@@H](N)CCCCNC(=O)CCCCCCCCCCCCCCCCC(=O)O. The minimum atomic E-state index is -0.722. The van der Waals surface area contributed by atoms with E-state index in [-0.39, 0.29) is 224 Å². The highest BCUT2D eigenvalue weighted by Crippen LogP contribution is 2.14. The molecule has 0 unspecified atom stereocenters. The maximum Gasteiger partial charge on any atom is 0.303 e. The maximum absolute atomic E-state index is 12.5. The number of amides is 9. The standard InChI is InChI=1S/C71H136N12O21/c1-2-3-21-31-76-63(85)30-40-103-58-104-45-38-80-67(89)57-101-52-48-97-43-36-78-65(87)55-99-50-46-95-41-35-77-64(86)54-100-51-47-96-42-37-79-66(88)56-102-53-49-98-44-39-83-71(94)61(74)27-20-24-34-82-70(93)60(73)26-19-23-33-81-69(92)59(72)25-18-22-32-75-62(84)28-16-14-12-10-8-6-4-5-7-9-11-13-15-17-29-68(90)91/h59-61H,2-58,72-74H2,1H3,(H,75,84)(H,76,85)(H,77,86)(H,78,87)(H,79,88)(H,80,89)(H,81,92)(H,82,93)(H,83,94)(H,90,91)/t59-,60-,61-/m0/s1. The lowest BCUT2D eigenvalue weighted by Crippen LogP contribution is -2.42. The molecule has 0 rings (SSSR count). The van der Waals surface area contributed by atoms with Crippen molar-refractivity contribution < 1.29 is 100 Å². The molecule has 104 heavy (non-hydrogen) atoms. The smallest absolute Gasteiger partial charge is 0.303 e. The van der Waals surface area contributed by atoms with Crippen LogP contribution in [-0.2, 0) is 95.3 Å². The van der Waals surface area contributed by atoms with E-state index in [0.29, 0.717) is 77.5 Å². The van der Waals surface area contributed by atoms with Gasteiger partial charge in [-0.3, -0.25) is 47.9 Å². The van der Waals surface area contributed by atoms with Crippen LogP contribution in [0.4, 0.5) is 0 Å². The van der Waals surface area contributed by atoms with Crippen molar-refractivity contribution in [3.05, 3.63) is 0 Å². The number of hydrogen-bond acceptors (Lipinski definition) is 23. The van der Waals surface area contributed by atoms with Gasteiger partial charge in [-0.25, -0.2) is 0 Å². The van der Waals surface area contributed by atoms with Gasteiger partial charge in [0.1, 0.15) is 33.2 Å². The summed E-state index contributed by atoms with van der Waals surface area (Å²) in [6, 6.07) is -2.04. The molecule has 0 aliphatic carbocycles. The molecule has 0 aromatic rings. The van der Waals surface area contributed by atoms with Gasteiger partial charge in [0.15, 0.2) is 0 Å². The summed E-state index contributed by atoms with van der Waals surface area (Å²) in [5, 5.41) is 33.6. The summed E-state index contributed by atoms with van der Waals surface area (Å²) in [5.41, 5.74) is 18.2. The zero-order chi connectivity index (χ0) is 76.2. The average Bonchev–Trinajstić information content (AvgIpc) is 1.11. The summed E-state index contributed by atoms with van der Waals surface area (Å²) in [6.07, 6.45) is 25.6. The molecule has 606 valence electrons. The molecular weight excluding hydrogens is 1360 g/mol. The number of hydrogen-bond donors (Lipinski definition) is 13. The maximum atomic E-state index is 12.5. The zero-order valence-electron chi connectivity index (χ0n) is 62.9. The Balaban J connectivity index is 3.58. The van der Waals surface area contributed by atoms with E-state index in [2.05, 4.69) is 54.8 Å². The third-order valence-corrected chi connectivity index (χ3v) is 15.8. The summed E-state index contributed by atoms with van der Waals surface area (Å²) in [4.78, 5) is 120. The van der Waals surface area contributed by atoms with Crippen molar-refractivity contribution >= 4 is 59.1 Å². The number of ether oxygens (including phenoxy) is 10. The van der Waals surface area contributed by atoms with Gasteiger partial charge in [-0.2, -0.15) is 0 Å². The third kappa shape index (κ3) is 71.8. The first-order valence-corrected chi connectivity index (χ1v) is 38.2. The molecule has 33 nitrogen and oxygen atoms in total. The Morgan fingerprint density at radius 1 is 0.260 bits per heavy atom. The number of carboxylic acids is 1. The highest BCUT2D eigenvalue weighted by Gasteiger charge is 2.17. The second-order valence-electron chi connectivity index (χ2n) is 25.2. The highest BCUT2D eigenvalue weighted by atomic mass is 16.7. The Hall–Kier alpha value is -5.82. The number of carbonyl (C=O) groups excluding carboxylic acids is 9. The van der Waals surface area contributed by atoms with Gasteiger partial charge in [-0.05, 0) is 77.0 Å². The Labute approximate surface area is 618 Å². The van der Waals surface area contributed by atoms with Gasteiger partial charge >= 0.3 is 5.97 Å². The van der Waals surface area contributed by atoms with Crippen LogP contribution in [0, 0.1) is 0 Å². The van der Waals surface area contributed by atoms with Crippen LogP contribution in [-0.4, -0.2) is 267 Å². The van der Waals surface area contributed by atoms with E-state index >= 15 is 0 Å². The molecule has 0 fully saturated rings. The van der Waals surface area contributed by atoms with Crippen LogP contribution in [0.5, 0.6) is 0 Å². The lowest BCUT2D eigenvalue weighted by atomic mass is 10.0. The van der Waals surface area contributed by atoms with E-state index in [1.807, 2.05) is 0 Å². The third-order valence-electron chi connectivity index (χ3n) is 15.8. The fraction of sp³-hybridized carbons (Fsp3) is 0.859. The Morgan fingerprint density at radius 2 is 0.519 bits per heavy atom. The molecule has 0 aliphatic heterocycles. The fourth-order valence-corrected chi connectivity index (χ4v) is 9.75. The Bertz CT molecular complexity index is 2170. The first-order chi connectivity index (χ1) is 50.5. The molecule has 0 saturated heterocycles. The van der Waals surface area contributed by atoms with Crippen molar-refractivity contribution in [3.8, 4) is 0 Å². The van der Waals surface area contributed by atoms with Gasteiger partial charge in [0.25, 0.3) is 0 Å². The van der Waals surface area contributed by atoms with Gasteiger partial charge in [0.2, 0.25) is 53.2 Å². The molecule has 0 aromatic heterocycles. The molecule has 0 aromatic carbocycles. The molecular formula is C71H136N12O21. The molecule has 16 N–H and O–H groups in total. The minimum Gasteiger partial charge on any atom is -0.481 e. The molecule has 0 aliphatic rings. The van der Waals surface area contributed by atoms with Gasteiger partial charge in [-0.1, -0.05) is 96.8 Å². The van der Waals surface area contributed by atoms with Gasteiger partial charge in [0, 0.05) is 71.7 Å². The van der Waals surface area contributed by atoms with Gasteiger partial charge in [0.05, 0.1) is 117 Å². The lowest BCUT2D eigenvalue weighted by molar-refractivity contribution is -0.137. The zero-order valence-corrected chi connectivity index (χ0v) is 62.9. The molecule has 0 saturated carbocycles. The molecule has 0 heterocycles. The van der Waals surface area contributed by atoms with Crippen molar-refractivity contribution in [1.82, 2.24) is 47.9 Å².